The summed E-state index contributed by atoms with van der Waals surface area (Å²) in [7, 11) is 0. The van der Waals surface area contributed by atoms with E-state index in [9.17, 15) is 0 Å². The van der Waals surface area contributed by atoms with Gasteiger partial charge >= 0.3 is 0 Å². The Balaban J connectivity index is 0.00000280. The SMILES string of the molecule is CCc1noc(CC)c1CN=C(N)Nc1cccc(Oc2ccccc2)c1.I. The molecule has 1 aromatic heterocycles. The first-order chi connectivity index (χ1) is 13.2. The molecule has 2 aromatic carbocycles. The monoisotopic (exact) mass is 492 g/mol. The number of nitrogens with one attached hydrogen (secondary N) is 1. The summed E-state index contributed by atoms with van der Waals surface area (Å²) in [6, 6.07) is 17.2. The number of anilines is 1. The lowest BCUT2D eigenvalue weighted by atomic mass is 10.1. The number of ether oxygens (including phenoxy) is 1. The highest BCUT2D eigenvalue weighted by Gasteiger charge is 2.12. The van der Waals surface area contributed by atoms with Gasteiger partial charge in [0.25, 0.3) is 0 Å². The largest absolute Gasteiger partial charge is 0.457 e. The molecule has 0 aliphatic rings. The number of guanidine groups is 1. The molecule has 0 bridgehead atoms. The molecule has 0 amide bonds. The summed E-state index contributed by atoms with van der Waals surface area (Å²) in [5.74, 6) is 2.70. The van der Waals surface area contributed by atoms with Crippen LogP contribution in [0, 0.1) is 0 Å². The van der Waals surface area contributed by atoms with Gasteiger partial charge in [-0.15, -0.1) is 24.0 Å². The van der Waals surface area contributed by atoms with Gasteiger partial charge in [-0.1, -0.05) is 43.3 Å². The second-order valence-electron chi connectivity index (χ2n) is 6.01. The van der Waals surface area contributed by atoms with Gasteiger partial charge in [0.2, 0.25) is 0 Å². The quantitative estimate of drug-likeness (QED) is 0.271. The number of para-hydroxylation sites is 1. The number of aliphatic imine (C=N–C) groups is 1. The highest BCUT2D eigenvalue weighted by molar-refractivity contribution is 14.0. The van der Waals surface area contributed by atoms with Crippen LogP contribution in [0.5, 0.6) is 11.5 Å². The first-order valence-corrected chi connectivity index (χ1v) is 9.05. The van der Waals surface area contributed by atoms with Crippen LogP contribution >= 0.6 is 24.0 Å². The van der Waals surface area contributed by atoms with Crippen LogP contribution in [0.15, 0.2) is 64.1 Å². The Kier molecular flexibility index (Phi) is 8.31. The van der Waals surface area contributed by atoms with Crippen LogP contribution in [0.3, 0.4) is 0 Å². The zero-order valence-corrected chi connectivity index (χ0v) is 18.3. The van der Waals surface area contributed by atoms with Crippen molar-refractivity contribution in [2.24, 2.45) is 10.7 Å². The molecular formula is C21H25IN4O2. The normalized spacial score (nSPS) is 11.0. The van der Waals surface area contributed by atoms with E-state index in [1.54, 1.807) is 0 Å². The molecule has 0 saturated carbocycles. The number of nitrogens with two attached hydrogens (primary N) is 1. The van der Waals surface area contributed by atoms with E-state index in [1.165, 1.54) is 0 Å². The number of aryl methyl sites for hydroxylation is 2. The maximum Gasteiger partial charge on any atom is 0.193 e. The van der Waals surface area contributed by atoms with Crippen molar-refractivity contribution < 1.29 is 9.26 Å². The zero-order chi connectivity index (χ0) is 19.1. The van der Waals surface area contributed by atoms with Gasteiger partial charge in [-0.25, -0.2) is 4.99 Å². The van der Waals surface area contributed by atoms with E-state index in [2.05, 4.69) is 15.5 Å². The van der Waals surface area contributed by atoms with E-state index in [0.717, 1.165) is 47.0 Å². The van der Waals surface area contributed by atoms with E-state index >= 15 is 0 Å². The van der Waals surface area contributed by atoms with Crippen LogP contribution in [0.4, 0.5) is 5.69 Å². The standard InChI is InChI=1S/C21H24N4O2.HI/c1-3-19-18(20(4-2)27-25-19)14-23-21(22)24-15-9-8-12-17(13-15)26-16-10-6-5-7-11-16;/h5-13H,3-4,14H2,1-2H3,(H3,22,23,24);1H. The van der Waals surface area contributed by atoms with Crippen molar-refractivity contribution in [3.63, 3.8) is 0 Å². The maximum atomic E-state index is 6.06. The van der Waals surface area contributed by atoms with Gasteiger partial charge in [0.05, 0.1) is 12.2 Å². The molecule has 0 unspecified atom stereocenters. The van der Waals surface area contributed by atoms with Gasteiger partial charge in [0.15, 0.2) is 5.96 Å². The molecule has 0 saturated heterocycles. The molecule has 3 rings (SSSR count). The maximum absolute atomic E-state index is 6.06. The smallest absolute Gasteiger partial charge is 0.193 e. The first kappa shape index (κ1) is 21.7. The van der Waals surface area contributed by atoms with Crippen molar-refractivity contribution in [1.29, 1.82) is 0 Å². The van der Waals surface area contributed by atoms with Crippen molar-refractivity contribution in [2.75, 3.05) is 5.32 Å². The molecule has 28 heavy (non-hydrogen) atoms. The molecule has 1 heterocycles. The highest BCUT2D eigenvalue weighted by Crippen LogP contribution is 2.24. The number of hydrogen-bond donors (Lipinski definition) is 2. The summed E-state index contributed by atoms with van der Waals surface area (Å²) in [5.41, 5.74) is 8.81. The average molecular weight is 492 g/mol. The molecule has 3 aromatic rings. The van der Waals surface area contributed by atoms with Gasteiger partial charge in [-0.05, 0) is 30.7 Å². The molecule has 0 fully saturated rings. The summed E-state index contributed by atoms with van der Waals surface area (Å²) in [4.78, 5) is 4.44. The number of aromatic nitrogens is 1. The molecule has 3 N–H and O–H groups in total. The topological polar surface area (TPSA) is 85.7 Å². The van der Waals surface area contributed by atoms with Crippen LogP contribution in [-0.2, 0) is 19.4 Å². The Morgan fingerprint density at radius 3 is 2.54 bits per heavy atom. The molecule has 148 valence electrons. The summed E-state index contributed by atoms with van der Waals surface area (Å²) in [6.45, 7) is 4.52. The van der Waals surface area contributed by atoms with Crippen LogP contribution in [-0.4, -0.2) is 11.1 Å². The predicted molar refractivity (Wildman–Crippen MR) is 123 cm³/mol. The number of halogens is 1. The third-order valence-electron chi connectivity index (χ3n) is 4.10. The van der Waals surface area contributed by atoms with Crippen LogP contribution in [0.25, 0.3) is 0 Å². The van der Waals surface area contributed by atoms with Crippen molar-refractivity contribution in [1.82, 2.24) is 5.16 Å². The Morgan fingerprint density at radius 2 is 1.82 bits per heavy atom. The minimum atomic E-state index is 0. The van der Waals surface area contributed by atoms with Crippen molar-refractivity contribution >= 4 is 35.6 Å². The Bertz CT molecular complexity index is 888. The second kappa shape index (κ2) is 10.7. The van der Waals surface area contributed by atoms with E-state index in [4.69, 9.17) is 15.0 Å². The van der Waals surface area contributed by atoms with E-state index in [0.29, 0.717) is 12.5 Å². The Hall–Kier alpha value is -2.55. The van der Waals surface area contributed by atoms with Gasteiger partial charge < -0.3 is 20.3 Å². The summed E-state index contributed by atoms with van der Waals surface area (Å²) in [5, 5.41) is 7.20. The van der Waals surface area contributed by atoms with Crippen molar-refractivity contribution in [3.8, 4) is 11.5 Å². The fourth-order valence-electron chi connectivity index (χ4n) is 2.73. The Morgan fingerprint density at radius 1 is 1.07 bits per heavy atom. The molecule has 6 nitrogen and oxygen atoms in total. The minimum absolute atomic E-state index is 0. The molecule has 0 aliphatic carbocycles. The number of nitrogens with zero attached hydrogens (tertiary/aromatic N) is 2. The highest BCUT2D eigenvalue weighted by atomic mass is 127. The molecule has 0 spiro atoms. The molecular weight excluding hydrogens is 467 g/mol. The fraction of sp³-hybridized carbons (Fsp3) is 0.238. The van der Waals surface area contributed by atoms with E-state index in [-0.39, 0.29) is 24.0 Å². The third kappa shape index (κ3) is 5.72. The van der Waals surface area contributed by atoms with Crippen molar-refractivity contribution in [2.45, 2.75) is 33.2 Å². The van der Waals surface area contributed by atoms with Crippen LogP contribution in [0.1, 0.15) is 30.9 Å². The number of benzene rings is 2. The lowest BCUT2D eigenvalue weighted by Gasteiger charge is -2.09. The summed E-state index contributed by atoms with van der Waals surface area (Å²) in [6.07, 6.45) is 1.59. The fourth-order valence-corrected chi connectivity index (χ4v) is 2.73. The summed E-state index contributed by atoms with van der Waals surface area (Å²) >= 11 is 0. The number of hydrogen-bond acceptors (Lipinski definition) is 4. The first-order valence-electron chi connectivity index (χ1n) is 9.05. The molecule has 0 aliphatic heterocycles. The van der Waals surface area contributed by atoms with Gasteiger partial charge in [-0.2, -0.15) is 0 Å². The third-order valence-corrected chi connectivity index (χ3v) is 4.10. The predicted octanol–water partition coefficient (Wildman–Crippen LogP) is 5.14. The Labute approximate surface area is 182 Å². The van der Waals surface area contributed by atoms with Crippen LogP contribution < -0.4 is 15.8 Å². The lowest BCUT2D eigenvalue weighted by Crippen LogP contribution is -2.22. The average Bonchev–Trinajstić information content (AvgIpc) is 3.09. The molecule has 7 heteroatoms. The zero-order valence-electron chi connectivity index (χ0n) is 16.0. The number of rotatable bonds is 7. The molecule has 0 atom stereocenters. The second-order valence-corrected chi connectivity index (χ2v) is 6.01. The van der Waals surface area contributed by atoms with Crippen molar-refractivity contribution in [3.05, 3.63) is 71.6 Å². The summed E-state index contributed by atoms with van der Waals surface area (Å²) < 4.78 is 11.2. The minimum Gasteiger partial charge on any atom is -0.457 e. The molecule has 0 radical (unpaired) electrons. The van der Waals surface area contributed by atoms with E-state index in [1.807, 2.05) is 68.4 Å². The lowest BCUT2D eigenvalue weighted by molar-refractivity contribution is 0.380. The van der Waals surface area contributed by atoms with Gasteiger partial charge in [-0.3, -0.25) is 0 Å². The van der Waals surface area contributed by atoms with E-state index < -0.39 is 0 Å². The van der Waals surface area contributed by atoms with Gasteiger partial charge in [0, 0.05) is 23.7 Å². The van der Waals surface area contributed by atoms with Gasteiger partial charge in [0.1, 0.15) is 17.3 Å². The van der Waals surface area contributed by atoms with Crippen LogP contribution in [0.2, 0.25) is 0 Å².